The molecular weight excluding hydrogens is 356 g/mol. The van der Waals surface area contributed by atoms with Crippen molar-refractivity contribution in [2.75, 3.05) is 19.8 Å². The summed E-state index contributed by atoms with van der Waals surface area (Å²) in [5.41, 5.74) is 1.44. The minimum atomic E-state index is -3.61. The summed E-state index contributed by atoms with van der Waals surface area (Å²) in [6.45, 7) is 1.96. The van der Waals surface area contributed by atoms with Crippen LogP contribution in [0.15, 0.2) is 58.4 Å². The quantitative estimate of drug-likeness (QED) is 0.613. The lowest BCUT2D eigenvalue weighted by molar-refractivity contribution is -0.142. The first-order valence-electron chi connectivity index (χ1n) is 7.98. The lowest BCUT2D eigenvalue weighted by atomic mass is 10.2. The number of nitrogens with zero attached hydrogens (tertiary/aromatic N) is 1. The zero-order valence-corrected chi connectivity index (χ0v) is 15.0. The molecule has 7 nitrogen and oxygen atoms in total. The van der Waals surface area contributed by atoms with E-state index in [1.165, 1.54) is 6.07 Å². The predicted molar refractivity (Wildman–Crippen MR) is 95.8 cm³/mol. The van der Waals surface area contributed by atoms with E-state index in [1.54, 1.807) is 18.2 Å². The Balaban J connectivity index is 1.50. The highest BCUT2D eigenvalue weighted by Gasteiger charge is 2.30. The maximum atomic E-state index is 12.0. The molecular formula is C18H18N2O5S. The Morgan fingerprint density at radius 3 is 2.62 bits per heavy atom. The van der Waals surface area contributed by atoms with Gasteiger partial charge in [0.05, 0.1) is 4.90 Å². The maximum Gasteiger partial charge on any atom is 0.327 e. The van der Waals surface area contributed by atoms with Crippen LogP contribution in [0, 0.1) is 6.92 Å². The van der Waals surface area contributed by atoms with Crippen LogP contribution in [-0.2, 0) is 19.6 Å². The van der Waals surface area contributed by atoms with Gasteiger partial charge in [-0.15, -0.1) is 0 Å². The second kappa shape index (κ2) is 7.57. The van der Waals surface area contributed by atoms with Crippen LogP contribution in [0.3, 0.4) is 0 Å². The normalized spacial score (nSPS) is 16.0. The third-order valence-corrected chi connectivity index (χ3v) is 5.12. The third-order valence-electron chi connectivity index (χ3n) is 3.73. The van der Waals surface area contributed by atoms with Crippen molar-refractivity contribution >= 4 is 21.8 Å². The van der Waals surface area contributed by atoms with Crippen molar-refractivity contribution in [3.8, 4) is 5.75 Å². The van der Waals surface area contributed by atoms with E-state index in [0.29, 0.717) is 5.56 Å². The summed E-state index contributed by atoms with van der Waals surface area (Å²) < 4.78 is 36.8. The van der Waals surface area contributed by atoms with E-state index in [-0.39, 0.29) is 30.5 Å². The van der Waals surface area contributed by atoms with E-state index in [9.17, 15) is 13.2 Å². The van der Waals surface area contributed by atoms with Crippen molar-refractivity contribution in [1.82, 2.24) is 4.72 Å². The first-order valence-corrected chi connectivity index (χ1v) is 9.46. The number of hydrogen-bond donors (Lipinski definition) is 1. The number of amidine groups is 1. The van der Waals surface area contributed by atoms with Gasteiger partial charge in [-0.25, -0.2) is 8.42 Å². The Morgan fingerprint density at radius 1 is 1.08 bits per heavy atom. The molecule has 1 heterocycles. The number of aryl methyl sites for hydroxylation is 1. The number of nitrogens with one attached hydrogen (secondary N) is 1. The van der Waals surface area contributed by atoms with Gasteiger partial charge in [-0.3, -0.25) is 14.5 Å². The standard InChI is InChI=1S/C18H18N2O5S/c1-13-6-2-4-8-15(13)24-10-11-25-17(21)12-19-18-14-7-3-5-9-16(14)26(22,23)20-18/h2-9H,10-12H2,1H3,(H,19,20). The highest BCUT2D eigenvalue weighted by Crippen LogP contribution is 2.22. The number of aliphatic imine (C=N–C) groups is 1. The molecule has 0 aliphatic carbocycles. The molecule has 0 atom stereocenters. The van der Waals surface area contributed by atoms with Gasteiger partial charge in [0.25, 0.3) is 10.0 Å². The van der Waals surface area contributed by atoms with Crippen LogP contribution in [0.2, 0.25) is 0 Å². The topological polar surface area (TPSA) is 94.1 Å². The van der Waals surface area contributed by atoms with Gasteiger partial charge in [0.15, 0.2) is 0 Å². The number of hydrogen-bond acceptors (Lipinski definition) is 6. The van der Waals surface area contributed by atoms with Crippen molar-refractivity contribution in [2.45, 2.75) is 11.8 Å². The molecule has 0 fully saturated rings. The lowest BCUT2D eigenvalue weighted by Crippen LogP contribution is -2.23. The zero-order chi connectivity index (χ0) is 18.6. The summed E-state index contributed by atoms with van der Waals surface area (Å²) in [5, 5.41) is 0. The highest BCUT2D eigenvalue weighted by molar-refractivity contribution is 7.90. The molecule has 0 aromatic heterocycles. The van der Waals surface area contributed by atoms with Gasteiger partial charge in [-0.2, -0.15) is 0 Å². The lowest BCUT2D eigenvalue weighted by Gasteiger charge is -2.09. The first-order chi connectivity index (χ1) is 12.5. The summed E-state index contributed by atoms with van der Waals surface area (Å²) in [6.07, 6.45) is 0. The van der Waals surface area contributed by atoms with Gasteiger partial charge in [-0.1, -0.05) is 30.3 Å². The van der Waals surface area contributed by atoms with E-state index in [2.05, 4.69) is 9.71 Å². The fourth-order valence-electron chi connectivity index (χ4n) is 2.47. The molecule has 0 bridgehead atoms. The molecule has 1 N–H and O–H groups in total. The summed E-state index contributed by atoms with van der Waals surface area (Å²) in [7, 11) is -3.61. The van der Waals surface area contributed by atoms with Crippen molar-refractivity contribution < 1.29 is 22.7 Å². The number of fused-ring (bicyclic) bond motifs is 1. The summed E-state index contributed by atoms with van der Waals surface area (Å²) in [4.78, 5) is 16.0. The second-order valence-corrected chi connectivity index (χ2v) is 7.25. The monoisotopic (exact) mass is 374 g/mol. The molecule has 26 heavy (non-hydrogen) atoms. The number of esters is 1. The fraction of sp³-hybridized carbons (Fsp3) is 0.222. The van der Waals surface area contributed by atoms with Gasteiger partial charge in [-0.05, 0) is 30.7 Å². The predicted octanol–water partition coefficient (Wildman–Crippen LogP) is 1.66. The molecule has 1 aliphatic rings. The molecule has 8 heteroatoms. The molecule has 0 amide bonds. The Kier molecular flexibility index (Phi) is 5.22. The Bertz CT molecular complexity index is 954. The molecule has 3 rings (SSSR count). The largest absolute Gasteiger partial charge is 0.490 e. The molecule has 136 valence electrons. The molecule has 2 aromatic rings. The van der Waals surface area contributed by atoms with E-state index in [1.807, 2.05) is 31.2 Å². The number of sulfonamides is 1. The summed E-state index contributed by atoms with van der Waals surface area (Å²) >= 11 is 0. The highest BCUT2D eigenvalue weighted by atomic mass is 32.2. The van der Waals surface area contributed by atoms with Crippen LogP contribution in [0.1, 0.15) is 11.1 Å². The van der Waals surface area contributed by atoms with Crippen molar-refractivity contribution in [3.05, 3.63) is 59.7 Å². The summed E-state index contributed by atoms with van der Waals surface area (Å²) in [5.74, 6) is 0.323. The summed E-state index contributed by atoms with van der Waals surface area (Å²) in [6, 6.07) is 14.0. The van der Waals surface area contributed by atoms with Crippen molar-refractivity contribution in [2.24, 2.45) is 4.99 Å². The Morgan fingerprint density at radius 2 is 1.81 bits per heavy atom. The van der Waals surface area contributed by atoms with E-state index < -0.39 is 16.0 Å². The van der Waals surface area contributed by atoms with Crippen LogP contribution in [0.25, 0.3) is 0 Å². The number of para-hydroxylation sites is 1. The van der Waals surface area contributed by atoms with Crippen LogP contribution in [0.4, 0.5) is 0 Å². The number of benzene rings is 2. The van der Waals surface area contributed by atoms with Crippen molar-refractivity contribution in [1.29, 1.82) is 0 Å². The SMILES string of the molecule is Cc1ccccc1OCCOC(=O)CN=C1NS(=O)(=O)c2ccccc21. The Labute approximate surface area is 151 Å². The zero-order valence-electron chi connectivity index (χ0n) is 14.1. The third kappa shape index (κ3) is 4.02. The average Bonchev–Trinajstić information content (AvgIpc) is 2.89. The van der Waals surface area contributed by atoms with Crippen LogP contribution >= 0.6 is 0 Å². The average molecular weight is 374 g/mol. The van der Waals surface area contributed by atoms with Crippen molar-refractivity contribution in [3.63, 3.8) is 0 Å². The van der Waals surface area contributed by atoms with Gasteiger partial charge in [0, 0.05) is 5.56 Å². The smallest absolute Gasteiger partial charge is 0.327 e. The number of rotatable bonds is 6. The molecule has 0 saturated heterocycles. The molecule has 2 aromatic carbocycles. The fourth-order valence-corrected chi connectivity index (χ4v) is 3.72. The minimum Gasteiger partial charge on any atom is -0.490 e. The van der Waals surface area contributed by atoms with E-state index >= 15 is 0 Å². The van der Waals surface area contributed by atoms with Gasteiger partial charge >= 0.3 is 5.97 Å². The molecule has 0 spiro atoms. The van der Waals surface area contributed by atoms with Crippen LogP contribution < -0.4 is 9.46 Å². The van der Waals surface area contributed by atoms with Gasteiger partial charge < -0.3 is 9.47 Å². The number of carbonyl (C=O) groups is 1. The number of carbonyl (C=O) groups excluding carboxylic acids is 1. The number of ether oxygens (including phenoxy) is 2. The van der Waals surface area contributed by atoms with E-state index in [0.717, 1.165) is 11.3 Å². The molecule has 1 aliphatic heterocycles. The second-order valence-electron chi connectivity index (χ2n) is 5.60. The van der Waals surface area contributed by atoms with Gasteiger partial charge in [0.1, 0.15) is 31.3 Å². The molecule has 0 radical (unpaired) electrons. The maximum absolute atomic E-state index is 12.0. The van der Waals surface area contributed by atoms with E-state index in [4.69, 9.17) is 9.47 Å². The van der Waals surface area contributed by atoms with Crippen LogP contribution in [-0.4, -0.2) is 40.0 Å². The minimum absolute atomic E-state index is 0.0837. The molecule has 0 unspecified atom stereocenters. The van der Waals surface area contributed by atoms with Crippen LogP contribution in [0.5, 0.6) is 5.75 Å². The molecule has 0 saturated carbocycles. The first kappa shape index (κ1) is 17.9. The van der Waals surface area contributed by atoms with Gasteiger partial charge in [0.2, 0.25) is 0 Å². The Hall–Kier alpha value is -2.87.